The van der Waals surface area contributed by atoms with E-state index < -0.39 is 86.2 Å². The van der Waals surface area contributed by atoms with Gasteiger partial charge in [0.25, 0.3) is 17.4 Å². The summed E-state index contributed by atoms with van der Waals surface area (Å²) < 4.78 is 74.8. The highest BCUT2D eigenvalue weighted by Crippen LogP contribution is 2.46. The number of ether oxygens (including phenoxy) is 3. The number of benzene rings is 1. The van der Waals surface area contributed by atoms with Crippen molar-refractivity contribution in [2.75, 3.05) is 20.3 Å². The fraction of sp³-hybridized carbons (Fsp3) is 0.650. The van der Waals surface area contributed by atoms with Crippen LogP contribution in [0.5, 0.6) is 5.88 Å². The summed E-state index contributed by atoms with van der Waals surface area (Å²) in [4.78, 5) is 71.0. The van der Waals surface area contributed by atoms with Crippen LogP contribution in [0.4, 0.5) is 13.6 Å². The number of hydrogen-bond acceptors (Lipinski definition) is 11. The summed E-state index contributed by atoms with van der Waals surface area (Å²) in [5.74, 6) is -6.89. The largest absolute Gasteiger partial charge is 0.471 e. The number of hydrogen-bond donors (Lipinski definition) is 3. The molecule has 1 saturated heterocycles. The summed E-state index contributed by atoms with van der Waals surface area (Å²) in [5.41, 5.74) is -4.25. The molecule has 6 rings (SSSR count). The molecule has 2 aromatic rings. The van der Waals surface area contributed by atoms with Gasteiger partial charge in [0, 0.05) is 26.4 Å². The number of rotatable bonds is 11. The van der Waals surface area contributed by atoms with Crippen molar-refractivity contribution < 1.29 is 50.6 Å². The molecule has 3 fully saturated rings. The van der Waals surface area contributed by atoms with Crippen LogP contribution in [0, 0.1) is 17.8 Å². The molecule has 2 aliphatic heterocycles. The highest BCUT2D eigenvalue weighted by Gasteiger charge is 2.62. The first-order chi connectivity index (χ1) is 27.7. The second kappa shape index (κ2) is 16.8. The molecular formula is C40H54F2N6O10S. The smallest absolute Gasteiger partial charge is 0.408 e. The average molecular weight is 849 g/mol. The van der Waals surface area contributed by atoms with Crippen LogP contribution in [-0.4, -0.2) is 108 Å². The number of halogens is 2. The van der Waals surface area contributed by atoms with Gasteiger partial charge < -0.3 is 29.7 Å². The Morgan fingerprint density at radius 1 is 1.05 bits per heavy atom. The van der Waals surface area contributed by atoms with Gasteiger partial charge in [0.1, 0.15) is 23.7 Å². The summed E-state index contributed by atoms with van der Waals surface area (Å²) in [6, 6.07) is 3.99. The Morgan fingerprint density at radius 3 is 2.41 bits per heavy atom. The molecule has 7 atom stereocenters. The maximum absolute atomic E-state index is 14.9. The van der Waals surface area contributed by atoms with Gasteiger partial charge in [0.15, 0.2) is 5.60 Å². The normalized spacial score (nSPS) is 28.1. The Hall–Kier alpha value is -4.65. The lowest BCUT2D eigenvalue weighted by molar-refractivity contribution is -0.152. The number of nitrogens with zero attached hydrogens (tertiary/aromatic N) is 3. The van der Waals surface area contributed by atoms with Crippen molar-refractivity contribution in [2.24, 2.45) is 17.8 Å². The van der Waals surface area contributed by atoms with Gasteiger partial charge in [-0.05, 0) is 76.3 Å². The Bertz CT molecular complexity index is 2160. The molecule has 2 saturated carbocycles. The number of methoxy groups -OCH3 is 1. The van der Waals surface area contributed by atoms with E-state index in [1.54, 1.807) is 37.3 Å². The minimum absolute atomic E-state index is 0.00128. The minimum atomic E-state index is -3.98. The molecule has 7 unspecified atom stereocenters. The van der Waals surface area contributed by atoms with Crippen molar-refractivity contribution in [3.63, 3.8) is 0 Å². The molecule has 1 aromatic carbocycles. The molecule has 3 N–H and O–H groups in total. The summed E-state index contributed by atoms with van der Waals surface area (Å²) in [5, 5.41) is 9.78. The van der Waals surface area contributed by atoms with Crippen molar-refractivity contribution in [2.45, 2.75) is 127 Å². The number of nitrogens with one attached hydrogen (secondary N) is 3. The van der Waals surface area contributed by atoms with Crippen LogP contribution in [-0.2, 0) is 40.4 Å². The number of carbonyl (C=O) groups excluding carboxylic acids is 4. The third-order valence-electron chi connectivity index (χ3n) is 11.9. The zero-order valence-electron chi connectivity index (χ0n) is 34.2. The number of fused-ring (bicyclic) bond motifs is 3. The quantitative estimate of drug-likeness (QED) is 0.280. The predicted octanol–water partition coefficient (Wildman–Crippen LogP) is 3.42. The van der Waals surface area contributed by atoms with Crippen LogP contribution in [0.3, 0.4) is 0 Å². The zero-order chi connectivity index (χ0) is 43.1. The zero-order valence-corrected chi connectivity index (χ0v) is 35.0. The lowest BCUT2D eigenvalue weighted by atomic mass is 9.88. The maximum Gasteiger partial charge on any atom is 0.408 e. The van der Waals surface area contributed by atoms with Gasteiger partial charge in [-0.3, -0.25) is 23.9 Å². The van der Waals surface area contributed by atoms with Crippen LogP contribution >= 0.6 is 0 Å². The first-order valence-electron chi connectivity index (χ1n) is 20.1. The summed E-state index contributed by atoms with van der Waals surface area (Å²) in [6.07, 6.45) is 3.92. The summed E-state index contributed by atoms with van der Waals surface area (Å²) >= 11 is 0. The van der Waals surface area contributed by atoms with Crippen molar-refractivity contribution in [3.8, 4) is 5.88 Å². The van der Waals surface area contributed by atoms with E-state index in [1.807, 2.05) is 13.0 Å². The molecular weight excluding hydrogens is 795 g/mol. The van der Waals surface area contributed by atoms with Gasteiger partial charge in [-0.2, -0.15) is 0 Å². The number of alkyl halides is 2. The Labute approximate surface area is 341 Å². The van der Waals surface area contributed by atoms with E-state index in [1.165, 1.54) is 16.7 Å². The van der Waals surface area contributed by atoms with Crippen LogP contribution in [0.15, 0.2) is 41.2 Å². The highest BCUT2D eigenvalue weighted by atomic mass is 32.2. The van der Waals surface area contributed by atoms with E-state index in [0.29, 0.717) is 49.8 Å². The second-order valence-electron chi connectivity index (χ2n) is 17.0. The number of aromatic nitrogens is 2. The van der Waals surface area contributed by atoms with Crippen LogP contribution in [0.1, 0.15) is 79.6 Å². The van der Waals surface area contributed by atoms with Gasteiger partial charge in [-0.1, -0.05) is 38.1 Å². The molecule has 4 aliphatic rings. The topological polar surface area (TPSA) is 204 Å². The predicted molar refractivity (Wildman–Crippen MR) is 211 cm³/mol. The molecule has 3 heterocycles. The van der Waals surface area contributed by atoms with Crippen molar-refractivity contribution in [1.29, 1.82) is 0 Å². The third kappa shape index (κ3) is 9.55. The lowest BCUT2D eigenvalue weighted by Crippen LogP contribution is -2.59. The van der Waals surface area contributed by atoms with Crippen LogP contribution in [0.25, 0.3) is 10.8 Å². The molecule has 2 aliphatic carbocycles. The summed E-state index contributed by atoms with van der Waals surface area (Å²) in [6.45, 7) is 6.48. The molecule has 0 radical (unpaired) electrons. The van der Waals surface area contributed by atoms with Crippen molar-refractivity contribution in [3.05, 3.63) is 46.8 Å². The fourth-order valence-electron chi connectivity index (χ4n) is 7.75. The van der Waals surface area contributed by atoms with E-state index in [0.717, 1.165) is 13.8 Å². The lowest BCUT2D eigenvalue weighted by Gasteiger charge is -2.35. The number of sulfonamides is 1. The molecule has 0 spiro atoms. The van der Waals surface area contributed by atoms with Crippen LogP contribution < -0.4 is 25.7 Å². The van der Waals surface area contributed by atoms with Gasteiger partial charge in [-0.15, -0.1) is 5.10 Å². The molecule has 324 valence electrons. The molecule has 59 heavy (non-hydrogen) atoms. The Morgan fingerprint density at radius 2 is 1.75 bits per heavy atom. The number of amides is 4. The van der Waals surface area contributed by atoms with Crippen LogP contribution in [0.2, 0.25) is 0 Å². The van der Waals surface area contributed by atoms with Crippen molar-refractivity contribution in [1.82, 2.24) is 30.0 Å². The Kier molecular flexibility index (Phi) is 12.5. The first kappa shape index (κ1) is 43.9. The van der Waals surface area contributed by atoms with Gasteiger partial charge >= 0.3 is 6.09 Å². The van der Waals surface area contributed by atoms with Gasteiger partial charge in [-0.25, -0.2) is 26.7 Å². The minimum Gasteiger partial charge on any atom is -0.471 e. The van der Waals surface area contributed by atoms with E-state index in [4.69, 9.17) is 14.2 Å². The SMILES string of the molecule is COCCn1nc(OC2CC3C(=O)NC4(C(=O)NS(=O)(=O)C5CC5)CC4C=CCCC(C)CC(C)C(NC(=O)OC(C)(C)C(C)(F)F)C(=O)N3C2)c2ccccc2c1=O. The van der Waals surface area contributed by atoms with E-state index in [9.17, 15) is 41.2 Å². The average Bonchev–Trinajstić information content (AvgIpc) is 4.09. The molecule has 16 nitrogen and oxygen atoms in total. The number of alkyl carbamates (subject to hydrolysis) is 1. The molecule has 1 aromatic heterocycles. The Balaban J connectivity index is 1.37. The van der Waals surface area contributed by atoms with E-state index in [-0.39, 0.29) is 49.9 Å². The van der Waals surface area contributed by atoms with Gasteiger partial charge in [0.05, 0.1) is 35.7 Å². The number of carbonyl (C=O) groups is 4. The first-order valence-corrected chi connectivity index (χ1v) is 21.6. The molecule has 19 heteroatoms. The van der Waals surface area contributed by atoms with Gasteiger partial charge in [0.2, 0.25) is 27.7 Å². The van der Waals surface area contributed by atoms with E-state index in [2.05, 4.69) is 20.5 Å². The maximum atomic E-state index is 14.9. The van der Waals surface area contributed by atoms with E-state index >= 15 is 0 Å². The fourth-order valence-corrected chi connectivity index (χ4v) is 9.12. The highest BCUT2D eigenvalue weighted by molar-refractivity contribution is 7.91. The summed E-state index contributed by atoms with van der Waals surface area (Å²) in [7, 11) is -2.50. The monoisotopic (exact) mass is 848 g/mol. The molecule has 0 bridgehead atoms. The number of allylic oxidation sites excluding steroid dienone is 1. The second-order valence-corrected chi connectivity index (χ2v) is 19.0. The molecule has 4 amide bonds. The standard InChI is InChI=1S/C40H54F2N6O10S/c1-23-11-7-8-12-25-21-40(25,36(52)46-59(54,55)27-15-16-27)44-32(49)30-20-26(57-33-28-13-9-10-14-29(28)34(50)48(45-33)17-18-56-6)22-47(30)35(51)31(24(2)19-23)43-37(53)58-38(3,4)39(5,41)42/h8-10,12-14,23-27,30-31H,7,11,15-22H2,1-6H3,(H,43,53)(H,44,49)(H,46,52). The van der Waals surface area contributed by atoms with Crippen molar-refractivity contribution >= 4 is 44.6 Å². The third-order valence-corrected chi connectivity index (χ3v) is 13.7.